The van der Waals surface area contributed by atoms with Crippen LogP contribution in [0.25, 0.3) is 28.2 Å². The van der Waals surface area contributed by atoms with Crippen molar-refractivity contribution in [1.82, 2.24) is 0 Å². The SMILES string of the molecule is COc1cc2c(cc1OC)C1C(=O)c3ccc4c(c3OC1CO2)CC(C(C)C)O4.COc1ccc(-c2c(OC)c3c(OC)c4c(cc3oc2=O)OC(C)(C)C=C4)cc1. The van der Waals surface area contributed by atoms with Crippen LogP contribution in [0.2, 0.25) is 0 Å². The van der Waals surface area contributed by atoms with Gasteiger partial charge in [0.05, 0.1) is 52.6 Å². The molecule has 58 heavy (non-hydrogen) atoms. The predicted molar refractivity (Wildman–Crippen MR) is 217 cm³/mol. The second kappa shape index (κ2) is 14.9. The van der Waals surface area contributed by atoms with Gasteiger partial charge in [0.15, 0.2) is 17.3 Å². The fraction of sp³-hybridized carbons (Fsp3) is 0.348. The number of hydrogen-bond donors (Lipinski definition) is 0. The van der Waals surface area contributed by atoms with Gasteiger partial charge in [-0.3, -0.25) is 4.79 Å². The highest BCUT2D eigenvalue weighted by atomic mass is 16.5. The van der Waals surface area contributed by atoms with E-state index in [-0.39, 0.29) is 18.0 Å². The molecule has 0 aliphatic carbocycles. The van der Waals surface area contributed by atoms with E-state index in [1.165, 1.54) is 7.11 Å². The van der Waals surface area contributed by atoms with Crippen molar-refractivity contribution in [3.63, 3.8) is 0 Å². The lowest BCUT2D eigenvalue weighted by molar-refractivity contribution is 0.0554. The highest BCUT2D eigenvalue weighted by molar-refractivity contribution is 6.06. The fourth-order valence-corrected chi connectivity index (χ4v) is 8.02. The summed E-state index contributed by atoms with van der Waals surface area (Å²) in [5.74, 6) is 5.43. The third-order valence-corrected chi connectivity index (χ3v) is 11.0. The van der Waals surface area contributed by atoms with Gasteiger partial charge in [-0.15, -0.1) is 0 Å². The number of methoxy groups -OCH3 is 5. The highest BCUT2D eigenvalue weighted by Gasteiger charge is 2.46. The molecule has 9 rings (SSSR count). The maximum absolute atomic E-state index is 13.5. The molecule has 3 unspecified atom stereocenters. The standard InChI is InChI=1S/C23H24O6.C23H22O6/c1-11(2)16-8-14-15(28-16)6-5-12-22(24)21-13-7-18(25-3)19(26-4)9-17(13)27-10-20(21)29-23(12)14;1-23(2)11-10-15-16(29-23)12-17-19(20(15)26-4)21(27-5)18(22(24)28-17)13-6-8-14(25-3)9-7-13/h5-7,9,11,16,20-21H,8,10H2,1-4H3;6-12H,1-5H3. The number of hydrogen-bond acceptors (Lipinski definition) is 12. The monoisotopic (exact) mass is 790 g/mol. The van der Waals surface area contributed by atoms with Crippen LogP contribution in [-0.2, 0) is 6.42 Å². The second-order valence-corrected chi connectivity index (χ2v) is 15.3. The van der Waals surface area contributed by atoms with Crippen LogP contribution in [0.15, 0.2) is 69.9 Å². The van der Waals surface area contributed by atoms with Gasteiger partial charge in [0, 0.05) is 29.7 Å². The van der Waals surface area contributed by atoms with Gasteiger partial charge in [0.25, 0.3) is 0 Å². The molecule has 3 atom stereocenters. The molecule has 12 nitrogen and oxygen atoms in total. The summed E-state index contributed by atoms with van der Waals surface area (Å²) in [4.78, 5) is 26.4. The number of benzene rings is 4. The number of carbonyl (C=O) groups is 1. The lowest BCUT2D eigenvalue weighted by Crippen LogP contribution is -2.43. The predicted octanol–water partition coefficient (Wildman–Crippen LogP) is 8.45. The lowest BCUT2D eigenvalue weighted by atomic mass is 9.81. The minimum atomic E-state index is -0.507. The Balaban J connectivity index is 0.000000162. The summed E-state index contributed by atoms with van der Waals surface area (Å²) in [6, 6.07) is 16.2. The van der Waals surface area contributed by atoms with Crippen molar-refractivity contribution in [1.29, 1.82) is 0 Å². The van der Waals surface area contributed by atoms with E-state index in [1.54, 1.807) is 64.8 Å². The average Bonchev–Trinajstić information content (AvgIpc) is 3.67. The van der Waals surface area contributed by atoms with Gasteiger partial charge in [-0.05, 0) is 67.8 Å². The van der Waals surface area contributed by atoms with Gasteiger partial charge in [-0.1, -0.05) is 26.0 Å². The van der Waals surface area contributed by atoms with E-state index >= 15 is 0 Å². The molecule has 0 saturated heterocycles. The first-order chi connectivity index (χ1) is 27.9. The summed E-state index contributed by atoms with van der Waals surface area (Å²) in [7, 11) is 7.84. The maximum atomic E-state index is 13.5. The van der Waals surface area contributed by atoms with Gasteiger partial charge < -0.3 is 47.0 Å². The molecule has 302 valence electrons. The first-order valence-corrected chi connectivity index (χ1v) is 19.1. The molecular formula is C46H46O12. The van der Waals surface area contributed by atoms with Gasteiger partial charge in [-0.25, -0.2) is 4.79 Å². The summed E-state index contributed by atoms with van der Waals surface area (Å²) < 4.78 is 57.5. The van der Waals surface area contributed by atoms with Crippen LogP contribution in [0.1, 0.15) is 60.7 Å². The zero-order valence-corrected chi connectivity index (χ0v) is 34.0. The molecule has 0 N–H and O–H groups in total. The normalized spacial score (nSPS) is 19.0. The van der Waals surface area contributed by atoms with E-state index in [0.29, 0.717) is 86.2 Å². The maximum Gasteiger partial charge on any atom is 0.347 e. The molecule has 12 heteroatoms. The third kappa shape index (κ3) is 6.50. The smallest absolute Gasteiger partial charge is 0.347 e. The first kappa shape index (κ1) is 38.6. The Morgan fingerprint density at radius 1 is 0.776 bits per heavy atom. The number of fused-ring (bicyclic) bond motifs is 8. The Labute approximate surface area is 336 Å². The van der Waals surface area contributed by atoms with Crippen molar-refractivity contribution in [2.45, 2.75) is 57.8 Å². The summed E-state index contributed by atoms with van der Waals surface area (Å²) in [6.45, 7) is 8.48. The largest absolute Gasteiger partial charge is 0.497 e. The van der Waals surface area contributed by atoms with Crippen LogP contribution in [0.5, 0.6) is 51.7 Å². The molecule has 0 spiro atoms. The summed E-state index contributed by atoms with van der Waals surface area (Å²) >= 11 is 0. The molecule has 0 radical (unpaired) electrons. The van der Waals surface area contributed by atoms with Crippen molar-refractivity contribution in [2.75, 3.05) is 42.2 Å². The summed E-state index contributed by atoms with van der Waals surface area (Å²) in [6.07, 6.45) is 4.38. The van der Waals surface area contributed by atoms with Gasteiger partial charge in [-0.2, -0.15) is 0 Å². The van der Waals surface area contributed by atoms with E-state index in [1.807, 2.05) is 44.2 Å². The Hall–Kier alpha value is -6.30. The number of carbonyl (C=O) groups excluding carboxylic acids is 1. The van der Waals surface area contributed by atoms with Crippen LogP contribution in [0.3, 0.4) is 0 Å². The topological polar surface area (TPSA) is 130 Å². The average molecular weight is 791 g/mol. The van der Waals surface area contributed by atoms with E-state index in [2.05, 4.69) is 13.8 Å². The minimum absolute atomic E-state index is 0.0452. The number of rotatable bonds is 7. The Morgan fingerprint density at radius 3 is 2.17 bits per heavy atom. The molecule has 0 bridgehead atoms. The quantitative estimate of drug-likeness (QED) is 0.147. The molecular weight excluding hydrogens is 744 g/mol. The van der Waals surface area contributed by atoms with E-state index in [9.17, 15) is 9.59 Å². The second-order valence-electron chi connectivity index (χ2n) is 15.3. The third-order valence-electron chi connectivity index (χ3n) is 11.0. The Bertz CT molecular complexity index is 2510. The van der Waals surface area contributed by atoms with Crippen molar-refractivity contribution < 1.29 is 51.8 Å². The van der Waals surface area contributed by atoms with Crippen LogP contribution in [0.4, 0.5) is 0 Å². The molecule has 4 aromatic carbocycles. The number of ether oxygens (including phenoxy) is 9. The van der Waals surface area contributed by atoms with Crippen LogP contribution in [0, 0.1) is 5.92 Å². The highest BCUT2D eigenvalue weighted by Crippen LogP contribution is 2.51. The molecule has 4 aliphatic rings. The van der Waals surface area contributed by atoms with Crippen molar-refractivity contribution in [3.05, 3.63) is 93.3 Å². The summed E-state index contributed by atoms with van der Waals surface area (Å²) in [5, 5.41) is 0.576. The van der Waals surface area contributed by atoms with Crippen LogP contribution < -0.4 is 48.3 Å². The Kier molecular flexibility index (Phi) is 9.90. The van der Waals surface area contributed by atoms with Gasteiger partial charge in [0.2, 0.25) is 0 Å². The molecule has 5 aromatic rings. The molecule has 0 fully saturated rings. The number of ketones is 1. The fourth-order valence-electron chi connectivity index (χ4n) is 8.02. The first-order valence-electron chi connectivity index (χ1n) is 19.1. The van der Waals surface area contributed by atoms with Crippen molar-refractivity contribution in [3.8, 4) is 62.9 Å². The lowest BCUT2D eigenvalue weighted by Gasteiger charge is -2.37. The van der Waals surface area contributed by atoms with Crippen LogP contribution in [-0.4, -0.2) is 65.7 Å². The van der Waals surface area contributed by atoms with Gasteiger partial charge >= 0.3 is 5.63 Å². The zero-order chi connectivity index (χ0) is 41.0. The zero-order valence-electron chi connectivity index (χ0n) is 34.0. The minimum Gasteiger partial charge on any atom is -0.497 e. The molecule has 5 heterocycles. The van der Waals surface area contributed by atoms with Crippen molar-refractivity contribution in [2.24, 2.45) is 5.92 Å². The summed E-state index contributed by atoms with van der Waals surface area (Å²) in [5.41, 5.74) is 3.48. The van der Waals surface area contributed by atoms with E-state index in [0.717, 1.165) is 28.9 Å². The van der Waals surface area contributed by atoms with E-state index < -0.39 is 17.1 Å². The van der Waals surface area contributed by atoms with E-state index in [4.69, 9.17) is 47.0 Å². The molecule has 0 amide bonds. The molecule has 1 aromatic heterocycles. The number of Topliss-reactive ketones (excluding diaryl/α,β-unsaturated/α-hetero) is 1. The Morgan fingerprint density at radius 2 is 1.50 bits per heavy atom. The van der Waals surface area contributed by atoms with Crippen LogP contribution >= 0.6 is 0 Å². The molecule has 0 saturated carbocycles. The van der Waals surface area contributed by atoms with Gasteiger partial charge in [0.1, 0.15) is 81.2 Å². The molecule has 4 aliphatic heterocycles. The van der Waals surface area contributed by atoms with Crippen molar-refractivity contribution >= 4 is 22.8 Å².